The maximum absolute atomic E-state index is 3.51. The lowest BCUT2D eigenvalue weighted by molar-refractivity contribution is 0.518. The van der Waals surface area contributed by atoms with Gasteiger partial charge in [0.1, 0.15) is 0 Å². The summed E-state index contributed by atoms with van der Waals surface area (Å²) in [5.74, 6) is 0. The van der Waals surface area contributed by atoms with Crippen LogP contribution >= 0.6 is 15.9 Å². The first-order valence-electron chi connectivity index (χ1n) is 13.0. The smallest absolute Gasteiger partial charge is 0.00313 e. The van der Waals surface area contributed by atoms with Crippen molar-refractivity contribution in [2.45, 2.75) is 161 Å². The van der Waals surface area contributed by atoms with Crippen molar-refractivity contribution in [3.8, 4) is 0 Å². The summed E-state index contributed by atoms with van der Waals surface area (Å²) in [5.41, 5.74) is 0. The number of hydrogen-bond donors (Lipinski definition) is 0. The average molecular weight is 446 g/mol. The quantitative estimate of drug-likeness (QED) is 0.102. The lowest BCUT2D eigenvalue weighted by atomic mass is 10.0. The Morgan fingerprint density at radius 3 is 0.667 bits per heavy atom. The van der Waals surface area contributed by atoms with Gasteiger partial charge in [0.05, 0.1) is 0 Å². The predicted octanol–water partition coefficient (Wildman–Crippen LogP) is 10.8. The fourth-order valence-corrected chi connectivity index (χ4v) is 4.45. The molecule has 0 spiro atoms. The Morgan fingerprint density at radius 1 is 0.296 bits per heavy atom. The lowest BCUT2D eigenvalue weighted by Crippen LogP contribution is -1.84. The summed E-state index contributed by atoms with van der Waals surface area (Å²) in [4.78, 5) is 0. The van der Waals surface area contributed by atoms with Crippen LogP contribution in [0.15, 0.2) is 0 Å². The van der Waals surface area contributed by atoms with Crippen LogP contribution in [0.4, 0.5) is 0 Å². The average Bonchev–Trinajstić information content (AvgIpc) is 2.68. The highest BCUT2D eigenvalue weighted by Gasteiger charge is 1.95. The molecule has 0 atom stereocenters. The molecule has 0 radical (unpaired) electrons. The third-order valence-corrected chi connectivity index (χ3v) is 6.55. The van der Waals surface area contributed by atoms with E-state index in [4.69, 9.17) is 0 Å². The fourth-order valence-electron chi connectivity index (χ4n) is 4.06. The van der Waals surface area contributed by atoms with E-state index in [1.165, 1.54) is 159 Å². The van der Waals surface area contributed by atoms with Crippen LogP contribution in [0.5, 0.6) is 0 Å². The van der Waals surface area contributed by atoms with Gasteiger partial charge in [-0.2, -0.15) is 0 Å². The van der Waals surface area contributed by atoms with Crippen LogP contribution in [0.2, 0.25) is 0 Å². The molecule has 0 saturated carbocycles. The molecule has 0 saturated heterocycles. The normalized spacial score (nSPS) is 11.3. The molecule has 0 N–H and O–H groups in total. The topological polar surface area (TPSA) is 0 Å². The van der Waals surface area contributed by atoms with Gasteiger partial charge in [-0.3, -0.25) is 0 Å². The van der Waals surface area contributed by atoms with Gasteiger partial charge in [-0.25, -0.2) is 0 Å². The summed E-state index contributed by atoms with van der Waals surface area (Å²) in [6, 6.07) is 0. The molecule has 0 aliphatic rings. The summed E-state index contributed by atoms with van der Waals surface area (Å²) in [6.07, 6.45) is 35.3. The second-order valence-corrected chi connectivity index (χ2v) is 9.61. The van der Waals surface area contributed by atoms with Crippen LogP contribution in [-0.2, 0) is 0 Å². The van der Waals surface area contributed by atoms with Crippen molar-refractivity contribution in [2.24, 2.45) is 0 Å². The molecule has 0 aliphatic carbocycles. The molecule has 27 heavy (non-hydrogen) atoms. The largest absolute Gasteiger partial charge is 0.0928 e. The Balaban J connectivity index is 2.95. The highest BCUT2D eigenvalue weighted by molar-refractivity contribution is 9.09. The molecule has 164 valence electrons. The molecule has 0 amide bonds. The highest BCUT2D eigenvalue weighted by Crippen LogP contribution is 2.15. The van der Waals surface area contributed by atoms with Crippen molar-refractivity contribution in [3.05, 3.63) is 0 Å². The van der Waals surface area contributed by atoms with Crippen LogP contribution in [0, 0.1) is 0 Å². The minimum atomic E-state index is 1.19. The number of hydrogen-bond acceptors (Lipinski definition) is 0. The third-order valence-electron chi connectivity index (χ3n) is 5.99. The van der Waals surface area contributed by atoms with E-state index in [-0.39, 0.29) is 0 Å². The Bertz CT molecular complexity index is 214. The zero-order chi connectivity index (χ0) is 19.7. The van der Waals surface area contributed by atoms with Gasteiger partial charge in [0, 0.05) is 5.33 Å². The Labute approximate surface area is 182 Å². The first kappa shape index (κ1) is 27.5. The Morgan fingerprint density at radius 2 is 0.481 bits per heavy atom. The van der Waals surface area contributed by atoms with Gasteiger partial charge < -0.3 is 0 Å². The van der Waals surface area contributed by atoms with Crippen molar-refractivity contribution in [2.75, 3.05) is 5.33 Å². The predicted molar refractivity (Wildman–Crippen MR) is 130 cm³/mol. The number of rotatable bonds is 24. The van der Waals surface area contributed by atoms with E-state index in [9.17, 15) is 0 Å². The standard InChI is InChI=1S/C26H53Br/c1-2-3-4-5-6-7-8-9-10-11-12-13-14-15-16-17-18-19-20-21-22-23-24-25-26-27/h2-26H2,1H3. The van der Waals surface area contributed by atoms with Crippen molar-refractivity contribution >= 4 is 15.9 Å². The van der Waals surface area contributed by atoms with Gasteiger partial charge in [-0.05, 0) is 6.42 Å². The van der Waals surface area contributed by atoms with Gasteiger partial charge in [0.25, 0.3) is 0 Å². The van der Waals surface area contributed by atoms with Crippen molar-refractivity contribution < 1.29 is 0 Å². The van der Waals surface area contributed by atoms with Gasteiger partial charge in [0.2, 0.25) is 0 Å². The molecule has 0 fully saturated rings. The van der Waals surface area contributed by atoms with Crippen LogP contribution in [0.1, 0.15) is 161 Å². The molecule has 0 nitrogen and oxygen atoms in total. The molecule has 0 aromatic heterocycles. The van der Waals surface area contributed by atoms with E-state index in [0.717, 1.165) is 0 Å². The van der Waals surface area contributed by atoms with E-state index in [0.29, 0.717) is 0 Å². The van der Waals surface area contributed by atoms with Crippen LogP contribution in [0.25, 0.3) is 0 Å². The summed E-state index contributed by atoms with van der Waals surface area (Å²) >= 11 is 3.51. The second-order valence-electron chi connectivity index (χ2n) is 8.82. The highest BCUT2D eigenvalue weighted by atomic mass is 79.9. The van der Waals surface area contributed by atoms with Crippen LogP contribution in [-0.4, -0.2) is 5.33 Å². The van der Waals surface area contributed by atoms with Gasteiger partial charge in [-0.1, -0.05) is 171 Å². The van der Waals surface area contributed by atoms with Gasteiger partial charge >= 0.3 is 0 Å². The van der Waals surface area contributed by atoms with Crippen molar-refractivity contribution in [1.29, 1.82) is 0 Å². The van der Waals surface area contributed by atoms with E-state index < -0.39 is 0 Å². The van der Waals surface area contributed by atoms with E-state index >= 15 is 0 Å². The number of halogens is 1. The lowest BCUT2D eigenvalue weighted by Gasteiger charge is -2.04. The van der Waals surface area contributed by atoms with Crippen LogP contribution < -0.4 is 0 Å². The Hall–Kier alpha value is 0.480. The molecular formula is C26H53Br. The SMILES string of the molecule is CCCCCCCCCCCCCCCCCCCCCCCCCCBr. The first-order valence-corrected chi connectivity index (χ1v) is 14.1. The van der Waals surface area contributed by atoms with Gasteiger partial charge in [-0.15, -0.1) is 0 Å². The summed E-state index contributed by atoms with van der Waals surface area (Å²) < 4.78 is 0. The maximum atomic E-state index is 3.51. The molecule has 0 aliphatic heterocycles. The van der Waals surface area contributed by atoms with E-state index in [1.54, 1.807) is 0 Å². The Kier molecular flexibility index (Phi) is 27.0. The number of alkyl halides is 1. The fraction of sp³-hybridized carbons (Fsp3) is 1.00. The zero-order valence-electron chi connectivity index (χ0n) is 19.1. The van der Waals surface area contributed by atoms with E-state index in [1.807, 2.05) is 0 Å². The molecule has 0 bridgehead atoms. The summed E-state index contributed by atoms with van der Waals surface area (Å²) in [7, 11) is 0. The molecule has 0 aromatic rings. The molecular weight excluding hydrogens is 392 g/mol. The van der Waals surface area contributed by atoms with Crippen molar-refractivity contribution in [3.63, 3.8) is 0 Å². The minimum absolute atomic E-state index is 1.19. The van der Waals surface area contributed by atoms with E-state index in [2.05, 4.69) is 22.9 Å². The summed E-state index contributed by atoms with van der Waals surface area (Å²) in [6.45, 7) is 2.30. The number of unbranched alkanes of at least 4 members (excludes halogenated alkanes) is 23. The van der Waals surface area contributed by atoms with Crippen molar-refractivity contribution in [1.82, 2.24) is 0 Å². The molecule has 0 unspecified atom stereocenters. The zero-order valence-corrected chi connectivity index (χ0v) is 20.6. The molecule has 1 heteroatoms. The molecule has 0 heterocycles. The minimum Gasteiger partial charge on any atom is -0.0928 e. The maximum Gasteiger partial charge on any atom is 0.00313 e. The first-order chi connectivity index (χ1) is 13.4. The monoisotopic (exact) mass is 444 g/mol. The molecule has 0 rings (SSSR count). The molecule has 0 aromatic carbocycles. The third kappa shape index (κ3) is 26.5. The van der Waals surface area contributed by atoms with Crippen LogP contribution in [0.3, 0.4) is 0 Å². The van der Waals surface area contributed by atoms with Gasteiger partial charge in [0.15, 0.2) is 0 Å². The second kappa shape index (κ2) is 26.5. The summed E-state index contributed by atoms with van der Waals surface area (Å²) in [5, 5.41) is 1.19.